The molecule has 0 atom stereocenters. The zero-order valence-corrected chi connectivity index (χ0v) is 11.9. The van der Waals surface area contributed by atoms with Gasteiger partial charge in [0.25, 0.3) is 0 Å². The van der Waals surface area contributed by atoms with E-state index in [0.29, 0.717) is 19.4 Å². The van der Waals surface area contributed by atoms with Crippen molar-refractivity contribution in [3.63, 3.8) is 0 Å². The quantitative estimate of drug-likeness (QED) is 0.211. The van der Waals surface area contributed by atoms with E-state index in [1.54, 1.807) is 6.92 Å². The highest BCUT2D eigenvalue weighted by Gasteiger charge is 2.02. The number of nitrogens with zero attached hydrogens (tertiary/aromatic N) is 1. The topological polar surface area (TPSA) is 90.8 Å². The third kappa shape index (κ3) is 9.94. The summed E-state index contributed by atoms with van der Waals surface area (Å²) < 4.78 is 2.88. The molecule has 0 aliphatic rings. The van der Waals surface area contributed by atoms with Crippen LogP contribution < -0.4 is 8.96 Å². The standard InChI is InChI=1S/C10H16IN3O3/c1-7(13-14-8(2)15)3-4-9(6-12-11)5-10(16)17/h5,12H,3-4,6H2,1-2H3,(H,14,15)(H,16,17)/b9-5-,13-7-. The Balaban J connectivity index is 4.25. The fourth-order valence-electron chi connectivity index (χ4n) is 1.04. The Morgan fingerprint density at radius 1 is 1.35 bits per heavy atom. The SMILES string of the molecule is CC(=O)N/N=C(/C)CC/C(=C/C(=O)O)CNI. The average molecular weight is 353 g/mol. The Labute approximate surface area is 114 Å². The number of carboxylic acid groups (broad SMARTS) is 1. The van der Waals surface area contributed by atoms with E-state index in [1.165, 1.54) is 13.0 Å². The molecule has 17 heavy (non-hydrogen) atoms. The van der Waals surface area contributed by atoms with Crippen molar-refractivity contribution in [2.24, 2.45) is 5.10 Å². The molecule has 0 aliphatic heterocycles. The van der Waals surface area contributed by atoms with Crippen molar-refractivity contribution in [3.8, 4) is 0 Å². The van der Waals surface area contributed by atoms with Crippen LogP contribution in [0.25, 0.3) is 0 Å². The van der Waals surface area contributed by atoms with Crippen LogP contribution in [0.4, 0.5) is 0 Å². The van der Waals surface area contributed by atoms with Gasteiger partial charge in [0, 0.05) is 48.1 Å². The lowest BCUT2D eigenvalue weighted by Crippen LogP contribution is -2.15. The zero-order valence-electron chi connectivity index (χ0n) is 9.79. The van der Waals surface area contributed by atoms with Gasteiger partial charge in [-0.15, -0.1) is 0 Å². The molecule has 0 aromatic heterocycles. The van der Waals surface area contributed by atoms with Crippen molar-refractivity contribution in [1.82, 2.24) is 8.96 Å². The molecule has 0 unspecified atom stereocenters. The van der Waals surface area contributed by atoms with Gasteiger partial charge in [-0.05, 0) is 25.3 Å². The van der Waals surface area contributed by atoms with Gasteiger partial charge >= 0.3 is 5.97 Å². The van der Waals surface area contributed by atoms with E-state index in [2.05, 4.69) is 14.1 Å². The molecule has 96 valence electrons. The molecule has 0 fully saturated rings. The molecule has 1 amide bonds. The number of hydrazone groups is 1. The van der Waals surface area contributed by atoms with Crippen LogP contribution in [0.1, 0.15) is 26.7 Å². The summed E-state index contributed by atoms with van der Waals surface area (Å²) in [6.45, 7) is 3.68. The van der Waals surface area contributed by atoms with Gasteiger partial charge in [-0.1, -0.05) is 0 Å². The predicted octanol–water partition coefficient (Wildman–Crippen LogP) is 1.23. The highest BCUT2D eigenvalue weighted by molar-refractivity contribution is 14.1. The van der Waals surface area contributed by atoms with Gasteiger partial charge in [0.1, 0.15) is 0 Å². The molecule has 0 rings (SSSR count). The lowest BCUT2D eigenvalue weighted by Gasteiger charge is -2.05. The van der Waals surface area contributed by atoms with E-state index in [1.807, 2.05) is 22.9 Å². The van der Waals surface area contributed by atoms with Crippen molar-refractivity contribution < 1.29 is 14.7 Å². The molecule has 0 radical (unpaired) electrons. The molecule has 0 aromatic carbocycles. The summed E-state index contributed by atoms with van der Waals surface area (Å²) in [5.41, 5.74) is 3.87. The Morgan fingerprint density at radius 2 is 2.00 bits per heavy atom. The number of carboxylic acids is 1. The van der Waals surface area contributed by atoms with Crippen LogP contribution in [-0.2, 0) is 9.59 Å². The number of carbonyl (C=O) groups excluding carboxylic acids is 1. The number of hydrogen-bond donors (Lipinski definition) is 3. The van der Waals surface area contributed by atoms with Crippen LogP contribution >= 0.6 is 22.9 Å². The number of aliphatic carboxylic acids is 1. The first kappa shape index (κ1) is 16.0. The predicted molar refractivity (Wildman–Crippen MR) is 73.9 cm³/mol. The van der Waals surface area contributed by atoms with Crippen molar-refractivity contribution in [2.75, 3.05) is 6.54 Å². The minimum absolute atomic E-state index is 0.223. The highest BCUT2D eigenvalue weighted by Crippen LogP contribution is 2.06. The fraction of sp³-hybridized carbons (Fsp3) is 0.500. The zero-order chi connectivity index (χ0) is 13.3. The van der Waals surface area contributed by atoms with E-state index in [0.717, 1.165) is 11.3 Å². The van der Waals surface area contributed by atoms with Crippen molar-refractivity contribution in [2.45, 2.75) is 26.7 Å². The maximum absolute atomic E-state index is 10.6. The minimum Gasteiger partial charge on any atom is -0.478 e. The Hall–Kier alpha value is -0.960. The van der Waals surface area contributed by atoms with Crippen LogP contribution in [0.15, 0.2) is 16.8 Å². The molecule has 0 aromatic rings. The van der Waals surface area contributed by atoms with Crippen LogP contribution in [0.3, 0.4) is 0 Å². The maximum Gasteiger partial charge on any atom is 0.328 e. The first-order valence-corrected chi connectivity index (χ1v) is 6.09. The third-order valence-corrected chi connectivity index (χ3v) is 2.21. The second-order valence-electron chi connectivity index (χ2n) is 3.47. The van der Waals surface area contributed by atoms with Crippen LogP contribution in [0.2, 0.25) is 0 Å². The lowest BCUT2D eigenvalue weighted by atomic mass is 10.1. The van der Waals surface area contributed by atoms with E-state index in [9.17, 15) is 9.59 Å². The van der Waals surface area contributed by atoms with Gasteiger partial charge in [0.2, 0.25) is 5.91 Å². The number of rotatable bonds is 7. The smallest absolute Gasteiger partial charge is 0.328 e. The molecule has 0 saturated carbocycles. The first-order chi connectivity index (χ1) is 7.95. The van der Waals surface area contributed by atoms with Crippen LogP contribution in [0, 0.1) is 0 Å². The molecule has 0 bridgehead atoms. The van der Waals surface area contributed by atoms with Crippen molar-refractivity contribution in [1.29, 1.82) is 0 Å². The Bertz CT molecular complexity index is 340. The minimum atomic E-state index is -0.955. The summed E-state index contributed by atoms with van der Waals surface area (Å²) in [5, 5.41) is 12.5. The molecule has 0 aliphatic carbocycles. The second-order valence-corrected chi connectivity index (χ2v) is 4.23. The normalized spacial score (nSPS) is 12.4. The molecule has 6 nitrogen and oxygen atoms in total. The monoisotopic (exact) mass is 353 g/mol. The average Bonchev–Trinajstić information content (AvgIpc) is 2.22. The van der Waals surface area contributed by atoms with Crippen LogP contribution in [0.5, 0.6) is 0 Å². The third-order valence-electron chi connectivity index (χ3n) is 1.83. The molecular weight excluding hydrogens is 337 g/mol. The van der Waals surface area contributed by atoms with Gasteiger partial charge in [-0.3, -0.25) is 8.32 Å². The van der Waals surface area contributed by atoms with Crippen LogP contribution in [-0.4, -0.2) is 29.2 Å². The van der Waals surface area contributed by atoms with E-state index >= 15 is 0 Å². The van der Waals surface area contributed by atoms with E-state index in [4.69, 9.17) is 5.11 Å². The number of nitrogens with one attached hydrogen (secondary N) is 2. The summed E-state index contributed by atoms with van der Waals surface area (Å²) >= 11 is 1.96. The molecule has 0 heterocycles. The Kier molecular flexibility index (Phi) is 8.60. The second kappa shape index (κ2) is 9.11. The fourth-order valence-corrected chi connectivity index (χ4v) is 1.53. The summed E-state index contributed by atoms with van der Waals surface area (Å²) in [7, 11) is 0. The van der Waals surface area contributed by atoms with Crippen molar-refractivity contribution >= 4 is 40.5 Å². The van der Waals surface area contributed by atoms with Gasteiger partial charge in [-0.25, -0.2) is 10.2 Å². The van der Waals surface area contributed by atoms with Gasteiger partial charge < -0.3 is 5.11 Å². The summed E-state index contributed by atoms with van der Waals surface area (Å²) in [6.07, 6.45) is 2.40. The molecule has 0 spiro atoms. The summed E-state index contributed by atoms with van der Waals surface area (Å²) in [4.78, 5) is 21.2. The molecule has 3 N–H and O–H groups in total. The molecular formula is C10H16IN3O3. The van der Waals surface area contributed by atoms with E-state index in [-0.39, 0.29) is 5.91 Å². The van der Waals surface area contributed by atoms with Gasteiger partial charge in [-0.2, -0.15) is 5.10 Å². The lowest BCUT2D eigenvalue weighted by molar-refractivity contribution is -0.131. The number of halogens is 1. The summed E-state index contributed by atoms with van der Waals surface area (Å²) in [6, 6.07) is 0. The number of carbonyl (C=O) groups is 2. The largest absolute Gasteiger partial charge is 0.478 e. The van der Waals surface area contributed by atoms with Gasteiger partial charge in [0.05, 0.1) is 0 Å². The molecule has 7 heteroatoms. The summed E-state index contributed by atoms with van der Waals surface area (Å²) in [5.74, 6) is -1.18. The van der Waals surface area contributed by atoms with Gasteiger partial charge in [0.15, 0.2) is 0 Å². The number of amides is 1. The van der Waals surface area contributed by atoms with Crippen molar-refractivity contribution in [3.05, 3.63) is 11.6 Å². The maximum atomic E-state index is 10.6. The first-order valence-electron chi connectivity index (χ1n) is 5.01. The Morgan fingerprint density at radius 3 is 2.47 bits per heavy atom. The highest BCUT2D eigenvalue weighted by atomic mass is 127. The molecule has 0 saturated heterocycles. The van der Waals surface area contributed by atoms with E-state index < -0.39 is 5.97 Å². The number of hydrogen-bond acceptors (Lipinski definition) is 4.